The summed E-state index contributed by atoms with van der Waals surface area (Å²) in [5, 5.41) is 13.2. The summed E-state index contributed by atoms with van der Waals surface area (Å²) in [7, 11) is 0. The monoisotopic (exact) mass is 556 g/mol. The van der Waals surface area contributed by atoms with Gasteiger partial charge in [0.25, 0.3) is 5.56 Å². The average Bonchev–Trinajstić information content (AvgIpc) is 3.34. The zero-order valence-corrected chi connectivity index (χ0v) is 23.1. The highest BCUT2D eigenvalue weighted by molar-refractivity contribution is 7.21. The molecule has 0 saturated carbocycles. The molecule has 2 aromatic heterocycles. The second-order valence-corrected chi connectivity index (χ2v) is 11.3. The summed E-state index contributed by atoms with van der Waals surface area (Å²) in [6, 6.07) is 19.6. The average molecular weight is 557 g/mol. The summed E-state index contributed by atoms with van der Waals surface area (Å²) in [5.41, 5.74) is 1.88. The molecule has 0 aliphatic rings. The fourth-order valence-electron chi connectivity index (χ4n) is 4.39. The third-order valence-corrected chi connectivity index (χ3v) is 7.14. The second-order valence-electron chi connectivity index (χ2n) is 10.2. The molecule has 0 unspecified atom stereocenters. The van der Waals surface area contributed by atoms with E-state index in [0.717, 1.165) is 4.70 Å². The normalized spacial score (nSPS) is 11.6. The molecule has 5 aromatic rings. The quantitative estimate of drug-likeness (QED) is 0.242. The number of carboxylic acid groups (broad SMARTS) is 1. The number of rotatable bonds is 7. The number of hydrogen-bond donors (Lipinski definition) is 2. The van der Waals surface area contributed by atoms with Gasteiger partial charge in [-0.2, -0.15) is 0 Å². The maximum atomic E-state index is 14.1. The lowest BCUT2D eigenvalue weighted by atomic mass is 10.1. The Hall–Kier alpha value is -4.57. The van der Waals surface area contributed by atoms with Crippen molar-refractivity contribution in [2.24, 2.45) is 0 Å². The number of nitrogens with zero attached hydrogens (tertiary/aromatic N) is 3. The predicted octanol–water partition coefficient (Wildman–Crippen LogP) is 5.82. The zero-order valence-electron chi connectivity index (χ0n) is 22.3. The molecule has 0 bridgehead atoms. The Bertz CT molecular complexity index is 1790. The van der Waals surface area contributed by atoms with Crippen molar-refractivity contribution in [3.63, 3.8) is 0 Å². The molecule has 0 fully saturated rings. The van der Waals surface area contributed by atoms with Gasteiger partial charge in [-0.25, -0.2) is 19.6 Å². The molecule has 3 aromatic carbocycles. The molecular weight excluding hydrogens is 528 g/mol. The van der Waals surface area contributed by atoms with Crippen LogP contribution in [0.4, 0.5) is 4.79 Å². The predicted molar refractivity (Wildman–Crippen MR) is 155 cm³/mol. The molecule has 40 heavy (non-hydrogen) atoms. The third kappa shape index (κ3) is 5.72. The molecule has 204 valence electrons. The SMILES string of the molecule is CC(C)(C)OC(=O)NCCCc1nc2cccc(-c3nc4ccc(C(=O)O)cc4s3)c2c(=O)n1-c1ccccc1. The van der Waals surface area contributed by atoms with E-state index in [9.17, 15) is 19.5 Å². The number of benzene rings is 3. The van der Waals surface area contributed by atoms with Crippen molar-refractivity contribution >= 4 is 44.5 Å². The van der Waals surface area contributed by atoms with Gasteiger partial charge in [-0.3, -0.25) is 9.36 Å². The van der Waals surface area contributed by atoms with E-state index in [0.29, 0.717) is 57.9 Å². The molecule has 0 aliphatic heterocycles. The van der Waals surface area contributed by atoms with Gasteiger partial charge in [0.05, 0.1) is 32.4 Å². The second kappa shape index (κ2) is 10.9. The van der Waals surface area contributed by atoms with Crippen LogP contribution in [0.3, 0.4) is 0 Å². The van der Waals surface area contributed by atoms with Crippen molar-refractivity contribution in [3.05, 3.63) is 88.5 Å². The van der Waals surface area contributed by atoms with Crippen LogP contribution in [0.15, 0.2) is 71.5 Å². The molecule has 9 nitrogen and oxygen atoms in total. The number of carbonyl (C=O) groups is 2. The van der Waals surface area contributed by atoms with Crippen LogP contribution in [0.25, 0.3) is 37.4 Å². The number of nitrogens with one attached hydrogen (secondary N) is 1. The van der Waals surface area contributed by atoms with E-state index in [1.54, 1.807) is 43.5 Å². The Morgan fingerprint density at radius 3 is 2.50 bits per heavy atom. The minimum atomic E-state index is -1.01. The van der Waals surface area contributed by atoms with Gasteiger partial charge in [0.1, 0.15) is 16.4 Å². The van der Waals surface area contributed by atoms with E-state index >= 15 is 0 Å². The first-order valence-electron chi connectivity index (χ1n) is 12.8. The number of para-hydroxylation sites is 1. The maximum Gasteiger partial charge on any atom is 0.407 e. The van der Waals surface area contributed by atoms with Crippen LogP contribution in [0.1, 0.15) is 43.4 Å². The van der Waals surface area contributed by atoms with Crippen LogP contribution in [0.2, 0.25) is 0 Å². The van der Waals surface area contributed by atoms with Crippen LogP contribution >= 0.6 is 11.3 Å². The van der Waals surface area contributed by atoms with Crippen LogP contribution < -0.4 is 10.9 Å². The molecule has 5 rings (SSSR count). The summed E-state index contributed by atoms with van der Waals surface area (Å²) >= 11 is 1.33. The smallest absolute Gasteiger partial charge is 0.407 e. The number of alkyl carbamates (subject to hydrolysis) is 1. The number of aryl methyl sites for hydroxylation is 1. The van der Waals surface area contributed by atoms with Crippen LogP contribution in [-0.2, 0) is 11.2 Å². The summed E-state index contributed by atoms with van der Waals surface area (Å²) in [6.07, 6.45) is 0.502. The van der Waals surface area contributed by atoms with Crippen LogP contribution in [-0.4, -0.2) is 43.8 Å². The van der Waals surface area contributed by atoms with Gasteiger partial charge in [0, 0.05) is 18.5 Å². The first-order chi connectivity index (χ1) is 19.1. The number of amides is 1. The molecule has 0 atom stereocenters. The van der Waals surface area contributed by atoms with E-state index in [1.165, 1.54) is 17.4 Å². The molecular formula is C30H28N4O5S. The van der Waals surface area contributed by atoms with E-state index in [-0.39, 0.29) is 11.1 Å². The number of carbonyl (C=O) groups excluding carboxylic acids is 1. The molecule has 2 N–H and O–H groups in total. The summed E-state index contributed by atoms with van der Waals surface area (Å²) in [6.45, 7) is 5.78. The summed E-state index contributed by atoms with van der Waals surface area (Å²) in [4.78, 5) is 47.2. The minimum absolute atomic E-state index is 0.180. The lowest BCUT2D eigenvalue weighted by Crippen LogP contribution is -2.33. The van der Waals surface area contributed by atoms with Gasteiger partial charge < -0.3 is 15.2 Å². The van der Waals surface area contributed by atoms with E-state index in [4.69, 9.17) is 14.7 Å². The van der Waals surface area contributed by atoms with Gasteiger partial charge in [-0.1, -0.05) is 30.3 Å². The van der Waals surface area contributed by atoms with Crippen molar-refractivity contribution in [1.82, 2.24) is 19.9 Å². The Kier molecular flexibility index (Phi) is 7.36. The lowest BCUT2D eigenvalue weighted by Gasteiger charge is -2.19. The highest BCUT2D eigenvalue weighted by atomic mass is 32.1. The number of thiazole rings is 1. The van der Waals surface area contributed by atoms with Gasteiger partial charge in [-0.15, -0.1) is 11.3 Å². The maximum absolute atomic E-state index is 14.1. The Morgan fingerprint density at radius 1 is 1.00 bits per heavy atom. The number of carboxylic acids is 1. The molecule has 1 amide bonds. The third-order valence-electron chi connectivity index (χ3n) is 6.09. The first-order valence-corrected chi connectivity index (χ1v) is 13.6. The lowest BCUT2D eigenvalue weighted by molar-refractivity contribution is 0.0526. The Morgan fingerprint density at radius 2 is 1.77 bits per heavy atom. The molecule has 0 saturated heterocycles. The van der Waals surface area contributed by atoms with E-state index < -0.39 is 17.7 Å². The van der Waals surface area contributed by atoms with E-state index in [1.807, 2.05) is 42.5 Å². The number of aromatic nitrogens is 3. The Labute approximate surface area is 234 Å². The van der Waals surface area contributed by atoms with Crippen LogP contribution in [0, 0.1) is 0 Å². The van der Waals surface area contributed by atoms with E-state index in [2.05, 4.69) is 5.32 Å². The molecule has 0 spiro atoms. The zero-order chi connectivity index (χ0) is 28.4. The molecule has 10 heteroatoms. The fourth-order valence-corrected chi connectivity index (χ4v) is 5.43. The van der Waals surface area contributed by atoms with Crippen molar-refractivity contribution in [1.29, 1.82) is 0 Å². The number of hydrogen-bond acceptors (Lipinski definition) is 7. The minimum Gasteiger partial charge on any atom is -0.478 e. The fraction of sp³-hybridized carbons (Fsp3) is 0.233. The summed E-state index contributed by atoms with van der Waals surface area (Å²) in [5.74, 6) is -0.437. The van der Waals surface area contributed by atoms with Crippen molar-refractivity contribution in [2.75, 3.05) is 6.54 Å². The number of fused-ring (bicyclic) bond motifs is 2. The molecule has 2 heterocycles. The highest BCUT2D eigenvalue weighted by Gasteiger charge is 2.19. The highest BCUT2D eigenvalue weighted by Crippen LogP contribution is 2.34. The number of ether oxygens (including phenoxy) is 1. The van der Waals surface area contributed by atoms with Gasteiger partial charge in [0.2, 0.25) is 0 Å². The standard InChI is InChI=1S/C30H28N4O5S/c1-30(2,3)39-29(38)31-16-8-13-24-32-22-12-7-11-20(25(22)27(35)34(24)19-9-5-4-6-10-19)26-33-21-15-14-18(28(36)37)17-23(21)40-26/h4-7,9-12,14-15,17H,8,13,16H2,1-3H3,(H,31,38)(H,36,37). The van der Waals surface area contributed by atoms with Gasteiger partial charge in [-0.05, 0) is 63.6 Å². The van der Waals surface area contributed by atoms with Crippen molar-refractivity contribution in [2.45, 2.75) is 39.2 Å². The topological polar surface area (TPSA) is 123 Å². The van der Waals surface area contributed by atoms with Crippen molar-refractivity contribution < 1.29 is 19.4 Å². The summed E-state index contributed by atoms with van der Waals surface area (Å²) < 4.78 is 7.63. The first kappa shape index (κ1) is 27.0. The number of aromatic carboxylic acids is 1. The molecule has 0 radical (unpaired) electrons. The Balaban J connectivity index is 1.55. The largest absolute Gasteiger partial charge is 0.478 e. The molecule has 0 aliphatic carbocycles. The van der Waals surface area contributed by atoms with Gasteiger partial charge in [0.15, 0.2) is 0 Å². The van der Waals surface area contributed by atoms with Gasteiger partial charge >= 0.3 is 12.1 Å². The van der Waals surface area contributed by atoms with Crippen LogP contribution in [0.5, 0.6) is 0 Å². The van der Waals surface area contributed by atoms with Crippen molar-refractivity contribution in [3.8, 4) is 16.3 Å².